The minimum atomic E-state index is -0.164. The van der Waals surface area contributed by atoms with Crippen LogP contribution >= 0.6 is 0 Å². The van der Waals surface area contributed by atoms with Crippen LogP contribution in [0.4, 0.5) is 5.69 Å². The fourth-order valence-corrected chi connectivity index (χ4v) is 3.70. The van der Waals surface area contributed by atoms with Crippen molar-refractivity contribution in [1.82, 2.24) is 9.78 Å². The van der Waals surface area contributed by atoms with Gasteiger partial charge in [0.1, 0.15) is 0 Å². The molecule has 5 heteroatoms. The van der Waals surface area contributed by atoms with Crippen LogP contribution in [0, 0.1) is 6.92 Å². The van der Waals surface area contributed by atoms with Gasteiger partial charge < -0.3 is 4.90 Å². The quantitative estimate of drug-likeness (QED) is 0.379. The van der Waals surface area contributed by atoms with Crippen LogP contribution in [-0.4, -0.2) is 15.7 Å². The van der Waals surface area contributed by atoms with Crippen molar-refractivity contribution in [2.24, 2.45) is 0 Å². The molecule has 4 rings (SSSR count). The maximum absolute atomic E-state index is 13.2. The van der Waals surface area contributed by atoms with Crippen LogP contribution in [0.5, 0.6) is 0 Å². The zero-order valence-electron chi connectivity index (χ0n) is 18.7. The summed E-state index contributed by atoms with van der Waals surface area (Å²) in [7, 11) is 0. The van der Waals surface area contributed by atoms with Gasteiger partial charge in [0, 0.05) is 30.3 Å². The number of benzene rings is 3. The van der Waals surface area contributed by atoms with Crippen LogP contribution < -0.4 is 10.5 Å². The van der Waals surface area contributed by atoms with Crippen molar-refractivity contribution in [2.75, 3.05) is 4.90 Å². The Hall–Kier alpha value is -3.99. The molecule has 4 aromatic rings. The Morgan fingerprint density at radius 3 is 2.21 bits per heavy atom. The molecule has 33 heavy (non-hydrogen) atoms. The Morgan fingerprint density at radius 1 is 0.848 bits per heavy atom. The lowest BCUT2D eigenvalue weighted by Crippen LogP contribution is -2.31. The molecule has 0 atom stereocenters. The Morgan fingerprint density at radius 2 is 1.52 bits per heavy atom. The highest BCUT2D eigenvalue weighted by Crippen LogP contribution is 2.19. The summed E-state index contributed by atoms with van der Waals surface area (Å²) in [5.74, 6) is 0.0211. The number of hydrogen-bond acceptors (Lipinski definition) is 3. The van der Waals surface area contributed by atoms with Crippen molar-refractivity contribution < 1.29 is 4.79 Å². The minimum absolute atomic E-state index is 0.0211. The van der Waals surface area contributed by atoms with Crippen molar-refractivity contribution in [3.8, 4) is 11.3 Å². The molecule has 1 aromatic heterocycles. The van der Waals surface area contributed by atoms with Gasteiger partial charge in [-0.1, -0.05) is 78.4 Å². The molecule has 0 unspecified atom stereocenters. The second-order valence-corrected chi connectivity index (χ2v) is 8.05. The highest BCUT2D eigenvalue weighted by molar-refractivity contribution is 5.93. The Balaban J connectivity index is 1.45. The van der Waals surface area contributed by atoms with E-state index in [0.717, 1.165) is 22.5 Å². The molecule has 1 amide bonds. The third-order valence-corrected chi connectivity index (χ3v) is 5.53. The second-order valence-electron chi connectivity index (χ2n) is 8.05. The normalized spacial score (nSPS) is 10.7. The maximum atomic E-state index is 13.2. The summed E-state index contributed by atoms with van der Waals surface area (Å²) in [5, 5.41) is 4.52. The summed E-state index contributed by atoms with van der Waals surface area (Å²) in [4.78, 5) is 27.3. The molecule has 0 saturated heterocycles. The molecule has 5 nitrogen and oxygen atoms in total. The van der Waals surface area contributed by atoms with E-state index in [1.807, 2.05) is 91.9 Å². The average molecular weight is 438 g/mol. The molecule has 0 fully saturated rings. The first-order chi connectivity index (χ1) is 16.1. The molecule has 0 radical (unpaired) electrons. The van der Waals surface area contributed by atoms with Crippen LogP contribution in [0.25, 0.3) is 11.3 Å². The molecule has 1 heterocycles. The smallest absolute Gasteiger partial charge is 0.266 e. The van der Waals surface area contributed by atoms with Gasteiger partial charge in [0.05, 0.1) is 12.2 Å². The first kappa shape index (κ1) is 22.2. The summed E-state index contributed by atoms with van der Waals surface area (Å²) in [5.41, 5.74) is 4.65. The lowest BCUT2D eigenvalue weighted by atomic mass is 10.1. The van der Waals surface area contributed by atoms with Crippen molar-refractivity contribution >= 4 is 11.6 Å². The highest BCUT2D eigenvalue weighted by atomic mass is 16.2. The number of hydrogen-bond donors (Lipinski definition) is 0. The monoisotopic (exact) mass is 437 g/mol. The molecule has 0 aliphatic heterocycles. The number of amides is 1. The maximum Gasteiger partial charge on any atom is 0.266 e. The van der Waals surface area contributed by atoms with E-state index in [-0.39, 0.29) is 11.5 Å². The third kappa shape index (κ3) is 5.83. The van der Waals surface area contributed by atoms with Crippen LogP contribution in [0.3, 0.4) is 0 Å². The van der Waals surface area contributed by atoms with Crippen LogP contribution in [0.1, 0.15) is 24.0 Å². The van der Waals surface area contributed by atoms with Crippen LogP contribution in [0.2, 0.25) is 0 Å². The van der Waals surface area contributed by atoms with E-state index in [0.29, 0.717) is 25.9 Å². The molecule has 0 aliphatic rings. The number of para-hydroxylation sites is 1. The van der Waals surface area contributed by atoms with Crippen LogP contribution in [-0.2, 0) is 17.9 Å². The van der Waals surface area contributed by atoms with Gasteiger partial charge in [-0.15, -0.1) is 0 Å². The van der Waals surface area contributed by atoms with Gasteiger partial charge in [0.2, 0.25) is 5.91 Å². The van der Waals surface area contributed by atoms with Gasteiger partial charge in [-0.3, -0.25) is 9.59 Å². The fraction of sp³-hybridized carbons (Fsp3) is 0.179. The van der Waals surface area contributed by atoms with Crippen LogP contribution in [0.15, 0.2) is 102 Å². The lowest BCUT2D eigenvalue weighted by Gasteiger charge is -2.23. The fourth-order valence-electron chi connectivity index (χ4n) is 3.70. The van der Waals surface area contributed by atoms with E-state index in [1.165, 1.54) is 16.3 Å². The van der Waals surface area contributed by atoms with Crippen molar-refractivity contribution in [2.45, 2.75) is 32.9 Å². The Labute approximate surface area is 193 Å². The first-order valence-corrected chi connectivity index (χ1v) is 11.1. The Bertz CT molecular complexity index is 1250. The molecule has 0 N–H and O–H groups in total. The minimum Gasteiger partial charge on any atom is -0.308 e. The van der Waals surface area contributed by atoms with E-state index < -0.39 is 0 Å². The molecule has 0 aliphatic carbocycles. The number of aromatic nitrogens is 2. The number of aryl methyl sites for hydroxylation is 2. The average Bonchev–Trinajstić information content (AvgIpc) is 2.85. The first-order valence-electron chi connectivity index (χ1n) is 11.1. The van der Waals surface area contributed by atoms with Gasteiger partial charge >= 0.3 is 0 Å². The van der Waals surface area contributed by atoms with Gasteiger partial charge in [-0.05, 0) is 37.1 Å². The summed E-state index contributed by atoms with van der Waals surface area (Å²) in [6, 6.07) is 31.0. The Kier molecular flexibility index (Phi) is 7.10. The molecular formula is C28H27N3O2. The molecule has 3 aromatic carbocycles. The van der Waals surface area contributed by atoms with E-state index in [1.54, 1.807) is 11.0 Å². The topological polar surface area (TPSA) is 55.2 Å². The molecule has 0 saturated carbocycles. The summed E-state index contributed by atoms with van der Waals surface area (Å²) in [6.07, 6.45) is 0.853. The largest absolute Gasteiger partial charge is 0.308 e. The number of carbonyl (C=O) groups is 1. The molecule has 0 bridgehead atoms. The van der Waals surface area contributed by atoms with Crippen molar-refractivity contribution in [3.63, 3.8) is 0 Å². The predicted octanol–water partition coefficient (Wildman–Crippen LogP) is 5.23. The lowest BCUT2D eigenvalue weighted by molar-refractivity contribution is -0.118. The van der Waals surface area contributed by atoms with Gasteiger partial charge in [0.15, 0.2) is 0 Å². The van der Waals surface area contributed by atoms with Crippen molar-refractivity contribution in [1.29, 1.82) is 0 Å². The summed E-state index contributed by atoms with van der Waals surface area (Å²) < 4.78 is 1.45. The van der Waals surface area contributed by atoms with E-state index >= 15 is 0 Å². The third-order valence-electron chi connectivity index (χ3n) is 5.53. The predicted molar refractivity (Wildman–Crippen MR) is 132 cm³/mol. The molecule has 0 spiro atoms. The van der Waals surface area contributed by atoms with Crippen molar-refractivity contribution in [3.05, 3.63) is 119 Å². The SMILES string of the molecule is Cc1ccc(-c2ccc(=O)n(CCCC(=O)N(Cc3ccccc3)c3ccccc3)n2)cc1. The number of anilines is 1. The summed E-state index contributed by atoms with van der Waals surface area (Å²) in [6.45, 7) is 2.93. The standard InChI is InChI=1S/C28H27N3O2/c1-22-14-16-24(17-15-22)26-18-19-28(33)31(29-26)20-8-13-27(32)30(25-11-6-3-7-12-25)21-23-9-4-2-5-10-23/h2-7,9-12,14-19H,8,13,20-21H2,1H3. The van der Waals surface area contributed by atoms with Gasteiger partial charge in [0.25, 0.3) is 5.56 Å². The highest BCUT2D eigenvalue weighted by Gasteiger charge is 2.16. The molecular weight excluding hydrogens is 410 g/mol. The zero-order valence-corrected chi connectivity index (χ0v) is 18.7. The number of rotatable bonds is 8. The van der Waals surface area contributed by atoms with Gasteiger partial charge in [-0.25, -0.2) is 4.68 Å². The van der Waals surface area contributed by atoms with Gasteiger partial charge in [-0.2, -0.15) is 5.10 Å². The zero-order chi connectivity index (χ0) is 23.0. The molecule has 166 valence electrons. The number of nitrogens with zero attached hydrogens (tertiary/aromatic N) is 3. The second kappa shape index (κ2) is 10.6. The van der Waals surface area contributed by atoms with E-state index in [2.05, 4.69) is 5.10 Å². The number of carbonyl (C=O) groups excluding carboxylic acids is 1. The van der Waals surface area contributed by atoms with E-state index in [4.69, 9.17) is 0 Å². The van der Waals surface area contributed by atoms with E-state index in [9.17, 15) is 9.59 Å². The summed E-state index contributed by atoms with van der Waals surface area (Å²) >= 11 is 0.